The number of aromatic nitrogens is 3. The van der Waals surface area contributed by atoms with E-state index in [0.29, 0.717) is 23.7 Å². The fourth-order valence-corrected chi connectivity index (χ4v) is 2.78. The normalized spacial score (nSPS) is 11.9. The lowest BCUT2D eigenvalue weighted by Gasteiger charge is -2.16. The number of nitrogens with zero attached hydrogens (tertiary/aromatic N) is 3. The minimum absolute atomic E-state index is 0.304. The van der Waals surface area contributed by atoms with Gasteiger partial charge in [-0.25, -0.2) is 9.48 Å². The van der Waals surface area contributed by atoms with Crippen LogP contribution in [0.2, 0.25) is 5.02 Å². The molecule has 0 spiro atoms. The fourth-order valence-electron chi connectivity index (χ4n) is 2.57. The highest BCUT2D eigenvalue weighted by Gasteiger charge is 2.25. The number of benzene rings is 2. The summed E-state index contributed by atoms with van der Waals surface area (Å²) in [6, 6.07) is 16.5. The Morgan fingerprint density at radius 3 is 2.60 bits per heavy atom. The number of carbonyl (C=O) groups excluding carboxylic acids is 1. The molecule has 1 unspecified atom stereocenters. The van der Waals surface area contributed by atoms with Crippen molar-refractivity contribution in [2.75, 3.05) is 6.61 Å². The van der Waals surface area contributed by atoms with Gasteiger partial charge in [0.15, 0.2) is 6.04 Å². The van der Waals surface area contributed by atoms with Crippen molar-refractivity contribution in [3.63, 3.8) is 0 Å². The predicted octanol–water partition coefficient (Wildman–Crippen LogP) is 3.95. The third-order valence-corrected chi connectivity index (χ3v) is 4.20. The molecule has 0 saturated heterocycles. The summed E-state index contributed by atoms with van der Waals surface area (Å²) < 4.78 is 6.76. The lowest BCUT2D eigenvalue weighted by molar-refractivity contribution is -0.147. The molecular weight excluding hydrogens is 338 g/mol. The molecule has 0 aliphatic rings. The second-order valence-corrected chi connectivity index (χ2v) is 5.92. The third-order valence-electron chi connectivity index (χ3n) is 3.83. The van der Waals surface area contributed by atoms with E-state index >= 15 is 0 Å². The van der Waals surface area contributed by atoms with Crippen molar-refractivity contribution in [2.24, 2.45) is 0 Å². The van der Waals surface area contributed by atoms with E-state index < -0.39 is 6.04 Å². The minimum atomic E-state index is -0.621. The zero-order chi connectivity index (χ0) is 17.6. The molecule has 5 nitrogen and oxygen atoms in total. The Morgan fingerprint density at radius 1 is 1.16 bits per heavy atom. The van der Waals surface area contributed by atoms with Gasteiger partial charge in [-0.2, -0.15) is 0 Å². The number of ether oxygens (including phenoxy) is 1. The van der Waals surface area contributed by atoms with Crippen LogP contribution in [0.1, 0.15) is 18.5 Å². The zero-order valence-corrected chi connectivity index (χ0v) is 14.6. The Kier molecular flexibility index (Phi) is 5.46. The molecule has 1 heterocycles. The van der Waals surface area contributed by atoms with Gasteiger partial charge in [-0.15, -0.1) is 5.10 Å². The van der Waals surface area contributed by atoms with Crippen molar-refractivity contribution in [1.82, 2.24) is 15.0 Å². The van der Waals surface area contributed by atoms with Crippen LogP contribution in [0.5, 0.6) is 0 Å². The van der Waals surface area contributed by atoms with Crippen LogP contribution in [0, 0.1) is 0 Å². The van der Waals surface area contributed by atoms with Gasteiger partial charge in [0.25, 0.3) is 0 Å². The molecule has 0 fully saturated rings. The number of hydrogen-bond acceptors (Lipinski definition) is 4. The second kappa shape index (κ2) is 7.94. The van der Waals surface area contributed by atoms with Crippen LogP contribution in [0.15, 0.2) is 60.8 Å². The second-order valence-electron chi connectivity index (χ2n) is 5.51. The van der Waals surface area contributed by atoms with Crippen molar-refractivity contribution in [1.29, 1.82) is 0 Å². The molecule has 6 heteroatoms. The van der Waals surface area contributed by atoms with Crippen LogP contribution < -0.4 is 0 Å². The standard InChI is InChI=1S/C19H18ClN3O2/c1-2-25-19(24)18(12-15-10-6-7-11-16(15)20)23-13-17(21-22-23)14-8-4-3-5-9-14/h3-11,13,18H,2,12H2,1H3. The van der Waals surface area contributed by atoms with E-state index in [1.165, 1.54) is 0 Å². The zero-order valence-electron chi connectivity index (χ0n) is 13.8. The molecule has 0 aliphatic carbocycles. The molecule has 0 saturated carbocycles. The van der Waals surface area contributed by atoms with Crippen LogP contribution in [0.4, 0.5) is 0 Å². The summed E-state index contributed by atoms with van der Waals surface area (Å²) in [7, 11) is 0. The molecule has 1 atom stereocenters. The van der Waals surface area contributed by atoms with Crippen molar-refractivity contribution in [3.05, 3.63) is 71.4 Å². The summed E-state index contributed by atoms with van der Waals surface area (Å²) in [6.07, 6.45) is 2.14. The van der Waals surface area contributed by atoms with E-state index in [4.69, 9.17) is 16.3 Å². The third kappa shape index (κ3) is 4.06. The molecule has 1 aromatic heterocycles. The predicted molar refractivity (Wildman–Crippen MR) is 96.3 cm³/mol. The van der Waals surface area contributed by atoms with Crippen LogP contribution >= 0.6 is 11.6 Å². The number of halogens is 1. The van der Waals surface area contributed by atoms with Gasteiger partial charge in [-0.1, -0.05) is 65.3 Å². The molecule has 0 amide bonds. The first-order valence-corrected chi connectivity index (χ1v) is 8.44. The molecule has 0 bridgehead atoms. The first kappa shape index (κ1) is 17.2. The monoisotopic (exact) mass is 355 g/mol. The maximum absolute atomic E-state index is 12.5. The smallest absolute Gasteiger partial charge is 0.331 e. The van der Waals surface area contributed by atoms with Gasteiger partial charge in [-0.05, 0) is 18.6 Å². The highest BCUT2D eigenvalue weighted by Crippen LogP contribution is 2.24. The first-order chi connectivity index (χ1) is 12.2. The van der Waals surface area contributed by atoms with E-state index in [9.17, 15) is 4.79 Å². The van der Waals surface area contributed by atoms with Crippen molar-refractivity contribution < 1.29 is 9.53 Å². The van der Waals surface area contributed by atoms with Crippen LogP contribution in [-0.2, 0) is 16.0 Å². The maximum atomic E-state index is 12.5. The molecule has 2 aromatic carbocycles. The van der Waals surface area contributed by atoms with Crippen LogP contribution in [-0.4, -0.2) is 27.6 Å². The SMILES string of the molecule is CCOC(=O)C(Cc1ccccc1Cl)n1cc(-c2ccccc2)nn1. The molecule has 0 N–H and O–H groups in total. The van der Waals surface area contributed by atoms with E-state index in [0.717, 1.165) is 11.1 Å². The lowest BCUT2D eigenvalue weighted by Crippen LogP contribution is -2.25. The minimum Gasteiger partial charge on any atom is -0.464 e. The van der Waals surface area contributed by atoms with Crippen molar-refractivity contribution >= 4 is 17.6 Å². The summed E-state index contributed by atoms with van der Waals surface area (Å²) in [6.45, 7) is 2.08. The van der Waals surface area contributed by atoms with Gasteiger partial charge in [-0.3, -0.25) is 0 Å². The van der Waals surface area contributed by atoms with Crippen molar-refractivity contribution in [3.8, 4) is 11.3 Å². The van der Waals surface area contributed by atoms with Crippen molar-refractivity contribution in [2.45, 2.75) is 19.4 Å². The fraction of sp³-hybridized carbons (Fsp3) is 0.211. The largest absolute Gasteiger partial charge is 0.464 e. The Balaban J connectivity index is 1.91. The Morgan fingerprint density at radius 2 is 1.88 bits per heavy atom. The first-order valence-electron chi connectivity index (χ1n) is 8.06. The topological polar surface area (TPSA) is 57.0 Å². The molecule has 0 aliphatic heterocycles. The van der Waals surface area contributed by atoms with E-state index in [1.54, 1.807) is 23.9 Å². The maximum Gasteiger partial charge on any atom is 0.331 e. The molecule has 3 rings (SSSR count). The average Bonchev–Trinajstić information content (AvgIpc) is 3.12. The van der Waals surface area contributed by atoms with E-state index in [2.05, 4.69) is 10.3 Å². The quantitative estimate of drug-likeness (QED) is 0.628. The Labute approximate surface area is 151 Å². The number of carbonyl (C=O) groups is 1. The van der Waals surface area contributed by atoms with Gasteiger partial charge < -0.3 is 4.74 Å². The van der Waals surface area contributed by atoms with Crippen LogP contribution in [0.3, 0.4) is 0 Å². The summed E-state index contributed by atoms with van der Waals surface area (Å²) in [5.74, 6) is -0.355. The Bertz CT molecular complexity index is 849. The molecule has 25 heavy (non-hydrogen) atoms. The average molecular weight is 356 g/mol. The summed E-state index contributed by atoms with van der Waals surface area (Å²) >= 11 is 6.24. The molecule has 3 aromatic rings. The lowest BCUT2D eigenvalue weighted by atomic mass is 10.1. The molecular formula is C19H18ClN3O2. The molecule has 0 radical (unpaired) electrons. The number of hydrogen-bond donors (Lipinski definition) is 0. The summed E-state index contributed by atoms with van der Waals surface area (Å²) in [4.78, 5) is 12.5. The van der Waals surface area contributed by atoms with E-state index in [-0.39, 0.29) is 5.97 Å². The van der Waals surface area contributed by atoms with Gasteiger partial charge in [0, 0.05) is 17.0 Å². The Hall–Kier alpha value is -2.66. The number of rotatable bonds is 6. The number of esters is 1. The highest BCUT2D eigenvalue weighted by atomic mass is 35.5. The van der Waals surface area contributed by atoms with Gasteiger partial charge in [0.2, 0.25) is 0 Å². The van der Waals surface area contributed by atoms with Crippen LogP contribution in [0.25, 0.3) is 11.3 Å². The van der Waals surface area contributed by atoms with Gasteiger partial charge in [0.1, 0.15) is 5.69 Å². The summed E-state index contributed by atoms with van der Waals surface area (Å²) in [5.41, 5.74) is 2.50. The van der Waals surface area contributed by atoms with Gasteiger partial charge in [0.05, 0.1) is 12.8 Å². The summed E-state index contributed by atoms with van der Waals surface area (Å²) in [5, 5.41) is 8.94. The van der Waals surface area contributed by atoms with E-state index in [1.807, 2.05) is 48.5 Å². The molecule has 128 valence electrons. The van der Waals surface area contributed by atoms with Gasteiger partial charge >= 0.3 is 5.97 Å². The highest BCUT2D eigenvalue weighted by molar-refractivity contribution is 6.31.